The highest BCUT2D eigenvalue weighted by Crippen LogP contribution is 2.30. The molecule has 1 aliphatic heterocycles. The first-order chi connectivity index (χ1) is 9.93. The third kappa shape index (κ3) is 3.25. The Bertz CT molecular complexity index is 579. The summed E-state index contributed by atoms with van der Waals surface area (Å²) in [6.45, 7) is 0.957. The number of benzene rings is 1. The number of piperidine rings is 1. The molecule has 0 spiro atoms. The van der Waals surface area contributed by atoms with Crippen molar-refractivity contribution in [3.8, 4) is 0 Å². The van der Waals surface area contributed by atoms with Gasteiger partial charge in [-0.05, 0) is 18.8 Å². The molecule has 0 aliphatic carbocycles. The maximum absolute atomic E-state index is 12.5. The Morgan fingerprint density at radius 1 is 1.57 bits per heavy atom. The predicted molar refractivity (Wildman–Crippen MR) is 78.2 cm³/mol. The van der Waals surface area contributed by atoms with Gasteiger partial charge in [-0.25, -0.2) is 0 Å². The molecule has 1 aromatic carbocycles. The molecule has 1 unspecified atom stereocenters. The molecule has 0 saturated carbocycles. The highest BCUT2D eigenvalue weighted by Gasteiger charge is 2.27. The third-order valence-electron chi connectivity index (χ3n) is 3.62. The number of hydrogen-bond acceptors (Lipinski definition) is 5. The van der Waals surface area contributed by atoms with Crippen LogP contribution in [0.5, 0.6) is 0 Å². The molecule has 2 rings (SSSR count). The molecule has 1 atom stereocenters. The highest BCUT2D eigenvalue weighted by molar-refractivity contribution is 6.34. The number of carbonyl (C=O) groups excluding carboxylic acids is 1. The van der Waals surface area contributed by atoms with Crippen LogP contribution in [0.3, 0.4) is 0 Å². The molecular formula is C13H16ClN3O4. The topological polar surface area (TPSA) is 110 Å². The summed E-state index contributed by atoms with van der Waals surface area (Å²) in [5.41, 5.74) is 5.58. The highest BCUT2D eigenvalue weighted by atomic mass is 35.5. The van der Waals surface area contributed by atoms with Crippen LogP contribution < -0.4 is 5.73 Å². The fourth-order valence-electron chi connectivity index (χ4n) is 2.45. The van der Waals surface area contributed by atoms with E-state index >= 15 is 0 Å². The van der Waals surface area contributed by atoms with Crippen molar-refractivity contribution < 1.29 is 14.8 Å². The number of amides is 1. The average molecular weight is 314 g/mol. The van der Waals surface area contributed by atoms with Gasteiger partial charge in [-0.15, -0.1) is 0 Å². The summed E-state index contributed by atoms with van der Waals surface area (Å²) in [6.07, 6.45) is 1.63. The van der Waals surface area contributed by atoms with Gasteiger partial charge >= 0.3 is 0 Å². The molecule has 1 aliphatic rings. The Hall–Kier alpha value is -1.86. The number of nitrogens with two attached hydrogens (primary N) is 1. The van der Waals surface area contributed by atoms with Crippen molar-refractivity contribution in [3.05, 3.63) is 32.8 Å². The SMILES string of the molecule is Nc1c(Cl)cc([N+](=O)[O-])cc1C(=O)N1CCCC(CO)C1. The van der Waals surface area contributed by atoms with Gasteiger partial charge in [0, 0.05) is 31.8 Å². The van der Waals surface area contributed by atoms with Gasteiger partial charge in [0.05, 0.1) is 21.2 Å². The number of hydrogen-bond donors (Lipinski definition) is 2. The fourth-order valence-corrected chi connectivity index (χ4v) is 2.67. The van der Waals surface area contributed by atoms with Crippen LogP contribution in [0.4, 0.5) is 11.4 Å². The third-order valence-corrected chi connectivity index (χ3v) is 3.93. The van der Waals surface area contributed by atoms with E-state index in [0.717, 1.165) is 25.0 Å². The van der Waals surface area contributed by atoms with Crippen molar-refractivity contribution in [2.75, 3.05) is 25.4 Å². The Balaban J connectivity index is 2.32. The number of rotatable bonds is 3. The van der Waals surface area contributed by atoms with Crippen LogP contribution in [0.1, 0.15) is 23.2 Å². The van der Waals surface area contributed by atoms with E-state index in [-0.39, 0.29) is 34.5 Å². The average Bonchev–Trinajstić information content (AvgIpc) is 2.49. The number of nitro benzene ring substituents is 1. The first-order valence-corrected chi connectivity index (χ1v) is 6.95. The minimum Gasteiger partial charge on any atom is -0.397 e. The van der Waals surface area contributed by atoms with Crippen LogP contribution in [-0.4, -0.2) is 40.5 Å². The molecule has 3 N–H and O–H groups in total. The number of nitrogen functional groups attached to an aromatic ring is 1. The molecule has 8 heteroatoms. The van der Waals surface area contributed by atoms with Crippen LogP contribution in [0.2, 0.25) is 5.02 Å². The minimum absolute atomic E-state index is 0.00888. The summed E-state index contributed by atoms with van der Waals surface area (Å²) in [4.78, 5) is 24.3. The molecule has 0 radical (unpaired) electrons. The quantitative estimate of drug-likeness (QED) is 0.501. The summed E-state index contributed by atoms with van der Waals surface area (Å²) in [7, 11) is 0. The van der Waals surface area contributed by atoms with Crippen molar-refractivity contribution in [2.24, 2.45) is 5.92 Å². The molecule has 114 valence electrons. The molecular weight excluding hydrogens is 298 g/mol. The molecule has 1 amide bonds. The summed E-state index contributed by atoms with van der Waals surface area (Å²) < 4.78 is 0. The largest absolute Gasteiger partial charge is 0.397 e. The van der Waals surface area contributed by atoms with Gasteiger partial charge in [0.15, 0.2) is 0 Å². The van der Waals surface area contributed by atoms with Crippen molar-refractivity contribution in [1.82, 2.24) is 4.90 Å². The van der Waals surface area contributed by atoms with E-state index in [1.54, 1.807) is 4.90 Å². The van der Waals surface area contributed by atoms with Crippen LogP contribution >= 0.6 is 11.6 Å². The number of likely N-dealkylation sites (tertiary alicyclic amines) is 1. The molecule has 1 heterocycles. The zero-order chi connectivity index (χ0) is 15.6. The van der Waals surface area contributed by atoms with Crippen molar-refractivity contribution in [2.45, 2.75) is 12.8 Å². The molecule has 7 nitrogen and oxygen atoms in total. The van der Waals surface area contributed by atoms with E-state index in [2.05, 4.69) is 0 Å². The van der Waals surface area contributed by atoms with Gasteiger partial charge in [0.2, 0.25) is 0 Å². The maximum atomic E-state index is 12.5. The van der Waals surface area contributed by atoms with Gasteiger partial charge < -0.3 is 15.7 Å². The van der Waals surface area contributed by atoms with E-state index in [9.17, 15) is 20.0 Å². The van der Waals surface area contributed by atoms with Crippen molar-refractivity contribution in [1.29, 1.82) is 0 Å². The van der Waals surface area contributed by atoms with E-state index in [1.165, 1.54) is 0 Å². The number of anilines is 1. The van der Waals surface area contributed by atoms with Gasteiger partial charge in [-0.3, -0.25) is 14.9 Å². The Kier molecular flexibility index (Phi) is 4.64. The van der Waals surface area contributed by atoms with Crippen LogP contribution in [0.15, 0.2) is 12.1 Å². The maximum Gasteiger partial charge on any atom is 0.271 e. The zero-order valence-electron chi connectivity index (χ0n) is 11.3. The second-order valence-corrected chi connectivity index (χ2v) is 5.50. The molecule has 21 heavy (non-hydrogen) atoms. The second-order valence-electron chi connectivity index (χ2n) is 5.09. The first-order valence-electron chi connectivity index (χ1n) is 6.57. The molecule has 0 aromatic heterocycles. The standard InChI is InChI=1S/C13H16ClN3O4/c14-11-5-9(17(20)21)4-10(12(11)15)13(19)16-3-1-2-8(6-16)7-18/h4-5,8,18H,1-3,6-7,15H2. The lowest BCUT2D eigenvalue weighted by molar-refractivity contribution is -0.384. The molecule has 1 fully saturated rings. The molecule has 1 saturated heterocycles. The van der Waals surface area contributed by atoms with Crippen molar-refractivity contribution >= 4 is 28.9 Å². The number of nitrogens with zero attached hydrogens (tertiary/aromatic N) is 2. The number of nitro groups is 1. The number of aliphatic hydroxyl groups is 1. The van der Waals surface area contributed by atoms with E-state index in [1.807, 2.05) is 0 Å². The van der Waals surface area contributed by atoms with E-state index in [4.69, 9.17) is 17.3 Å². The Labute approximate surface area is 126 Å². The van der Waals surface area contributed by atoms with E-state index < -0.39 is 10.8 Å². The van der Waals surface area contributed by atoms with Gasteiger partial charge in [-0.1, -0.05) is 11.6 Å². The Morgan fingerprint density at radius 2 is 2.29 bits per heavy atom. The smallest absolute Gasteiger partial charge is 0.271 e. The lowest BCUT2D eigenvalue weighted by atomic mass is 9.98. The van der Waals surface area contributed by atoms with Crippen molar-refractivity contribution in [3.63, 3.8) is 0 Å². The number of halogens is 1. The normalized spacial score (nSPS) is 18.6. The summed E-state index contributed by atoms with van der Waals surface area (Å²) >= 11 is 5.86. The second kappa shape index (κ2) is 6.28. The van der Waals surface area contributed by atoms with Crippen LogP contribution in [-0.2, 0) is 0 Å². The summed E-state index contributed by atoms with van der Waals surface area (Å²) in [6, 6.07) is 2.27. The summed E-state index contributed by atoms with van der Waals surface area (Å²) in [5, 5.41) is 20.1. The zero-order valence-corrected chi connectivity index (χ0v) is 12.0. The number of aliphatic hydroxyl groups excluding tert-OH is 1. The molecule has 0 bridgehead atoms. The van der Waals surface area contributed by atoms with Crippen LogP contribution in [0, 0.1) is 16.0 Å². The van der Waals surface area contributed by atoms with Crippen LogP contribution in [0.25, 0.3) is 0 Å². The lowest BCUT2D eigenvalue weighted by Crippen LogP contribution is -2.41. The molecule has 1 aromatic rings. The monoisotopic (exact) mass is 313 g/mol. The first kappa shape index (κ1) is 15.5. The minimum atomic E-state index is -0.616. The van der Waals surface area contributed by atoms with Gasteiger partial charge in [0.25, 0.3) is 11.6 Å². The van der Waals surface area contributed by atoms with Gasteiger partial charge in [0.1, 0.15) is 0 Å². The Morgan fingerprint density at radius 3 is 2.90 bits per heavy atom. The fraction of sp³-hybridized carbons (Fsp3) is 0.462. The predicted octanol–water partition coefficient (Wildman–Crippen LogP) is 1.67. The number of non-ortho nitro benzene ring substituents is 1. The van der Waals surface area contributed by atoms with Gasteiger partial charge in [-0.2, -0.15) is 0 Å². The number of carbonyl (C=O) groups is 1. The summed E-state index contributed by atoms with van der Waals surface area (Å²) in [5.74, 6) is -0.366. The van der Waals surface area contributed by atoms with E-state index in [0.29, 0.717) is 13.1 Å². The lowest BCUT2D eigenvalue weighted by Gasteiger charge is -2.32.